The molecule has 19 heavy (non-hydrogen) atoms. The molecule has 3 nitrogen and oxygen atoms in total. The second kappa shape index (κ2) is 5.45. The van der Waals surface area contributed by atoms with Gasteiger partial charge >= 0.3 is 5.97 Å². The number of carboxylic acids is 1. The van der Waals surface area contributed by atoms with Gasteiger partial charge in [-0.15, -0.1) is 0 Å². The summed E-state index contributed by atoms with van der Waals surface area (Å²) in [4.78, 5) is 13.3. The lowest BCUT2D eigenvalue weighted by Gasteiger charge is -2.22. The number of anilines is 2. The average Bonchev–Trinajstić information content (AvgIpc) is 2.37. The maximum absolute atomic E-state index is 11.4. The van der Waals surface area contributed by atoms with Gasteiger partial charge < -0.3 is 10.0 Å². The van der Waals surface area contributed by atoms with E-state index >= 15 is 0 Å². The molecule has 0 fully saturated rings. The van der Waals surface area contributed by atoms with Gasteiger partial charge in [-0.05, 0) is 52.7 Å². The summed E-state index contributed by atoms with van der Waals surface area (Å²) in [6, 6.07) is 13.3. The highest BCUT2D eigenvalue weighted by Gasteiger charge is 2.17. The lowest BCUT2D eigenvalue weighted by molar-refractivity contribution is 0.0696. The first-order chi connectivity index (χ1) is 9.00. The van der Waals surface area contributed by atoms with Gasteiger partial charge in [0, 0.05) is 17.2 Å². The number of hydrogen-bond acceptors (Lipinski definition) is 2. The number of rotatable bonds is 3. The number of carbonyl (C=O) groups is 1. The minimum Gasteiger partial charge on any atom is -0.478 e. The molecule has 1 N–H and O–H groups in total. The van der Waals surface area contributed by atoms with Crippen LogP contribution in [0.15, 0.2) is 46.9 Å². The molecule has 0 bridgehead atoms. The largest absolute Gasteiger partial charge is 0.478 e. The first kappa shape index (κ1) is 13.6. The van der Waals surface area contributed by atoms with Crippen molar-refractivity contribution in [3.05, 3.63) is 58.1 Å². The SMILES string of the molecule is Cc1cccc(N(C)c2cccc(Br)c2C(=O)O)c1. The second-order valence-electron chi connectivity index (χ2n) is 4.34. The van der Waals surface area contributed by atoms with Crippen molar-refractivity contribution in [1.29, 1.82) is 0 Å². The van der Waals surface area contributed by atoms with Crippen LogP contribution in [0.4, 0.5) is 11.4 Å². The molecule has 0 amide bonds. The van der Waals surface area contributed by atoms with Crippen molar-refractivity contribution < 1.29 is 9.90 Å². The van der Waals surface area contributed by atoms with E-state index in [0.717, 1.165) is 11.3 Å². The molecule has 0 unspecified atom stereocenters. The van der Waals surface area contributed by atoms with Crippen LogP contribution in [-0.4, -0.2) is 18.1 Å². The Bertz CT molecular complexity index is 625. The number of benzene rings is 2. The van der Waals surface area contributed by atoms with Gasteiger partial charge in [0.15, 0.2) is 0 Å². The maximum Gasteiger partial charge on any atom is 0.338 e. The number of aromatic carboxylic acids is 1. The number of nitrogens with zero attached hydrogens (tertiary/aromatic N) is 1. The van der Waals surface area contributed by atoms with Crippen LogP contribution in [0.5, 0.6) is 0 Å². The molecule has 2 aromatic rings. The molecule has 0 saturated heterocycles. The Morgan fingerprint density at radius 1 is 1.21 bits per heavy atom. The van der Waals surface area contributed by atoms with Gasteiger partial charge in [0.25, 0.3) is 0 Å². The van der Waals surface area contributed by atoms with Gasteiger partial charge in [-0.25, -0.2) is 4.79 Å². The van der Waals surface area contributed by atoms with Crippen molar-refractivity contribution in [2.24, 2.45) is 0 Å². The molecule has 0 aliphatic carbocycles. The fourth-order valence-corrected chi connectivity index (χ4v) is 2.50. The van der Waals surface area contributed by atoms with Gasteiger partial charge in [-0.1, -0.05) is 18.2 Å². The monoisotopic (exact) mass is 319 g/mol. The maximum atomic E-state index is 11.4. The van der Waals surface area contributed by atoms with Crippen molar-refractivity contribution in [2.45, 2.75) is 6.92 Å². The number of hydrogen-bond donors (Lipinski definition) is 1. The molecule has 0 saturated carbocycles. The van der Waals surface area contributed by atoms with Crippen LogP contribution in [0.2, 0.25) is 0 Å². The van der Waals surface area contributed by atoms with Crippen LogP contribution in [0.3, 0.4) is 0 Å². The van der Waals surface area contributed by atoms with Crippen molar-refractivity contribution in [2.75, 3.05) is 11.9 Å². The fourth-order valence-electron chi connectivity index (χ4n) is 1.98. The zero-order valence-corrected chi connectivity index (χ0v) is 12.3. The van der Waals surface area contributed by atoms with E-state index in [0.29, 0.717) is 10.2 Å². The standard InChI is InChI=1S/C15H14BrNO2/c1-10-5-3-6-11(9-10)17(2)13-8-4-7-12(16)14(13)15(18)19/h3-9H,1-2H3,(H,18,19). The van der Waals surface area contributed by atoms with Crippen LogP contribution in [0.25, 0.3) is 0 Å². The molecule has 0 spiro atoms. The molecule has 2 aromatic carbocycles. The number of halogens is 1. The zero-order chi connectivity index (χ0) is 14.0. The summed E-state index contributed by atoms with van der Waals surface area (Å²) in [7, 11) is 1.86. The topological polar surface area (TPSA) is 40.5 Å². The predicted molar refractivity (Wildman–Crippen MR) is 80.3 cm³/mol. The van der Waals surface area contributed by atoms with Crippen LogP contribution < -0.4 is 4.90 Å². The van der Waals surface area contributed by atoms with Gasteiger partial charge in [0.05, 0.1) is 11.3 Å². The molecule has 0 atom stereocenters. The van der Waals surface area contributed by atoms with Gasteiger partial charge in [-0.2, -0.15) is 0 Å². The summed E-state index contributed by atoms with van der Waals surface area (Å²) < 4.78 is 0.581. The van der Waals surface area contributed by atoms with Crippen molar-refractivity contribution in [3.63, 3.8) is 0 Å². The minimum absolute atomic E-state index is 0.270. The third-order valence-electron chi connectivity index (χ3n) is 2.96. The van der Waals surface area contributed by atoms with Crippen molar-refractivity contribution in [3.8, 4) is 0 Å². The third kappa shape index (κ3) is 2.79. The van der Waals surface area contributed by atoms with E-state index < -0.39 is 5.97 Å². The van der Waals surface area contributed by atoms with E-state index in [1.54, 1.807) is 12.1 Å². The summed E-state index contributed by atoms with van der Waals surface area (Å²) in [6.07, 6.45) is 0. The number of carboxylic acid groups (broad SMARTS) is 1. The van der Waals surface area contributed by atoms with Gasteiger partial charge in [0.1, 0.15) is 0 Å². The lowest BCUT2D eigenvalue weighted by atomic mass is 10.1. The van der Waals surface area contributed by atoms with Crippen molar-refractivity contribution >= 4 is 33.3 Å². The summed E-state index contributed by atoms with van der Waals surface area (Å²) in [5.41, 5.74) is 3.02. The molecule has 0 aliphatic rings. The van der Waals surface area contributed by atoms with Crippen LogP contribution >= 0.6 is 15.9 Å². The second-order valence-corrected chi connectivity index (χ2v) is 5.19. The van der Waals surface area contributed by atoms with E-state index in [1.807, 2.05) is 49.2 Å². The third-order valence-corrected chi connectivity index (χ3v) is 3.62. The molecule has 0 aliphatic heterocycles. The quantitative estimate of drug-likeness (QED) is 0.920. The zero-order valence-electron chi connectivity index (χ0n) is 10.7. The van der Waals surface area contributed by atoms with E-state index in [1.165, 1.54) is 0 Å². The molecule has 0 aromatic heterocycles. The average molecular weight is 320 g/mol. The molecule has 0 heterocycles. The molecule has 98 valence electrons. The normalized spacial score (nSPS) is 10.3. The molecule has 2 rings (SSSR count). The first-order valence-electron chi connectivity index (χ1n) is 5.83. The van der Waals surface area contributed by atoms with E-state index in [-0.39, 0.29) is 5.56 Å². The highest BCUT2D eigenvalue weighted by molar-refractivity contribution is 9.10. The molecular weight excluding hydrogens is 306 g/mol. The van der Waals surface area contributed by atoms with Crippen LogP contribution in [0.1, 0.15) is 15.9 Å². The molecule has 4 heteroatoms. The summed E-state index contributed by atoms with van der Waals surface area (Å²) >= 11 is 3.30. The Labute approximate surface area is 120 Å². The van der Waals surface area contributed by atoms with Crippen molar-refractivity contribution in [1.82, 2.24) is 0 Å². The van der Waals surface area contributed by atoms with Gasteiger partial charge in [0.2, 0.25) is 0 Å². The smallest absolute Gasteiger partial charge is 0.338 e. The Morgan fingerprint density at radius 2 is 1.89 bits per heavy atom. The summed E-state index contributed by atoms with van der Waals surface area (Å²) in [6.45, 7) is 2.01. The molecular formula is C15H14BrNO2. The van der Waals surface area contributed by atoms with E-state index in [9.17, 15) is 9.90 Å². The van der Waals surface area contributed by atoms with Crippen LogP contribution in [0, 0.1) is 6.92 Å². The van der Waals surface area contributed by atoms with E-state index in [2.05, 4.69) is 15.9 Å². The minimum atomic E-state index is -0.943. The highest BCUT2D eigenvalue weighted by atomic mass is 79.9. The number of aryl methyl sites for hydroxylation is 1. The Hall–Kier alpha value is -1.81. The Balaban J connectivity index is 2.53. The Morgan fingerprint density at radius 3 is 2.53 bits per heavy atom. The fraction of sp³-hybridized carbons (Fsp3) is 0.133. The highest BCUT2D eigenvalue weighted by Crippen LogP contribution is 2.31. The molecule has 0 radical (unpaired) electrons. The lowest BCUT2D eigenvalue weighted by Crippen LogP contribution is -2.14. The van der Waals surface area contributed by atoms with E-state index in [4.69, 9.17) is 0 Å². The summed E-state index contributed by atoms with van der Waals surface area (Å²) in [5, 5.41) is 9.34. The summed E-state index contributed by atoms with van der Waals surface area (Å²) in [5.74, 6) is -0.943. The first-order valence-corrected chi connectivity index (χ1v) is 6.62. The predicted octanol–water partition coefficient (Wildman–Crippen LogP) is 4.22. The Kier molecular flexibility index (Phi) is 3.90. The van der Waals surface area contributed by atoms with Crippen LogP contribution in [-0.2, 0) is 0 Å². The van der Waals surface area contributed by atoms with Gasteiger partial charge in [-0.3, -0.25) is 0 Å².